The van der Waals surface area contributed by atoms with Crippen LogP contribution in [0.25, 0.3) is 22.2 Å². The van der Waals surface area contributed by atoms with Gasteiger partial charge in [-0.1, -0.05) is 18.2 Å². The van der Waals surface area contributed by atoms with Gasteiger partial charge < -0.3 is 0 Å². The lowest BCUT2D eigenvalue weighted by molar-refractivity contribution is 0.101. The minimum Gasteiger partial charge on any atom is -0.292 e. The normalized spacial score (nSPS) is 10.7. The molecule has 2 aromatic heterocycles. The molecule has 0 atom stereocenters. The third-order valence-corrected chi connectivity index (χ3v) is 3.63. The van der Waals surface area contributed by atoms with E-state index in [4.69, 9.17) is 0 Å². The van der Waals surface area contributed by atoms with Gasteiger partial charge in [0.05, 0.1) is 11.2 Å². The van der Waals surface area contributed by atoms with Gasteiger partial charge in [-0.3, -0.25) is 9.78 Å². The summed E-state index contributed by atoms with van der Waals surface area (Å²) in [4.78, 5) is 19.9. The zero-order chi connectivity index (χ0) is 12.5. The number of aromatic nitrogens is 2. The van der Waals surface area contributed by atoms with E-state index in [1.807, 2.05) is 35.7 Å². The number of thiazole rings is 1. The Bertz CT molecular complexity index is 733. The number of hydrogen-bond acceptors (Lipinski definition) is 4. The molecule has 88 valence electrons. The van der Waals surface area contributed by atoms with E-state index in [-0.39, 0.29) is 5.78 Å². The van der Waals surface area contributed by atoms with Crippen molar-refractivity contribution in [3.8, 4) is 11.3 Å². The van der Waals surface area contributed by atoms with Crippen LogP contribution < -0.4 is 0 Å². The van der Waals surface area contributed by atoms with Gasteiger partial charge in [0, 0.05) is 29.5 Å². The molecule has 3 aromatic rings. The van der Waals surface area contributed by atoms with E-state index >= 15 is 0 Å². The molecular weight excluding hydrogens is 244 g/mol. The highest BCUT2D eigenvalue weighted by atomic mass is 32.1. The fraction of sp³-hybridized carbons (Fsp3) is 0.0714. The van der Waals surface area contributed by atoms with Crippen LogP contribution in [0.2, 0.25) is 0 Å². The molecule has 0 N–H and O–H groups in total. The van der Waals surface area contributed by atoms with Crippen LogP contribution in [0.5, 0.6) is 0 Å². The Balaban J connectivity index is 2.10. The zero-order valence-electron chi connectivity index (χ0n) is 9.75. The number of carbonyl (C=O) groups excluding carboxylic acids is 1. The van der Waals surface area contributed by atoms with E-state index < -0.39 is 0 Å². The highest BCUT2D eigenvalue weighted by Gasteiger charge is 2.08. The minimum absolute atomic E-state index is 0.00000152. The number of Topliss-reactive ketones (excluding diaryl/α,β-unsaturated/α-hetero) is 1. The van der Waals surface area contributed by atoms with Crippen LogP contribution in [-0.4, -0.2) is 15.8 Å². The summed E-state index contributed by atoms with van der Waals surface area (Å²) in [6.45, 7) is 1.53. The van der Waals surface area contributed by atoms with Crippen molar-refractivity contribution in [1.29, 1.82) is 0 Å². The topological polar surface area (TPSA) is 42.9 Å². The standard InChI is InChI=1S/C14H10N2OS/c1-9(17)14-16-13(8-18-14)11-6-10-4-2-3-5-12(10)15-7-11/h2-8H,1H3. The lowest BCUT2D eigenvalue weighted by atomic mass is 10.1. The van der Waals surface area contributed by atoms with Gasteiger partial charge in [0.15, 0.2) is 10.8 Å². The van der Waals surface area contributed by atoms with Crippen LogP contribution in [-0.2, 0) is 0 Å². The van der Waals surface area contributed by atoms with Crippen molar-refractivity contribution in [2.75, 3.05) is 0 Å². The predicted octanol–water partition coefficient (Wildman–Crippen LogP) is 3.56. The summed E-state index contributed by atoms with van der Waals surface area (Å²) in [6, 6.07) is 9.98. The van der Waals surface area contributed by atoms with Gasteiger partial charge in [0.1, 0.15) is 0 Å². The monoisotopic (exact) mass is 254 g/mol. The Hall–Kier alpha value is -2.07. The summed E-state index contributed by atoms with van der Waals surface area (Å²) in [5.41, 5.74) is 2.71. The molecule has 18 heavy (non-hydrogen) atoms. The van der Waals surface area contributed by atoms with Crippen molar-refractivity contribution in [3.05, 3.63) is 46.9 Å². The van der Waals surface area contributed by atoms with Crippen LogP contribution in [0.1, 0.15) is 16.7 Å². The second kappa shape index (κ2) is 4.31. The average Bonchev–Trinajstić information content (AvgIpc) is 2.88. The lowest BCUT2D eigenvalue weighted by Gasteiger charge is -1.99. The number of hydrogen-bond donors (Lipinski definition) is 0. The number of nitrogens with zero attached hydrogens (tertiary/aromatic N) is 2. The quantitative estimate of drug-likeness (QED) is 0.657. The number of pyridine rings is 1. The van der Waals surface area contributed by atoms with Gasteiger partial charge in [-0.15, -0.1) is 11.3 Å². The molecule has 0 spiro atoms. The molecular formula is C14H10N2OS. The first-order valence-electron chi connectivity index (χ1n) is 5.56. The highest BCUT2D eigenvalue weighted by molar-refractivity contribution is 7.12. The van der Waals surface area contributed by atoms with Gasteiger partial charge in [-0.05, 0) is 12.1 Å². The summed E-state index contributed by atoms with van der Waals surface area (Å²) in [5, 5.41) is 3.51. The number of benzene rings is 1. The Kier molecular flexibility index (Phi) is 2.64. The number of fused-ring (bicyclic) bond motifs is 1. The molecule has 0 saturated heterocycles. The maximum atomic E-state index is 11.2. The maximum Gasteiger partial charge on any atom is 0.188 e. The van der Waals surface area contributed by atoms with Crippen LogP contribution in [0.15, 0.2) is 41.9 Å². The summed E-state index contributed by atoms with van der Waals surface area (Å²) in [7, 11) is 0. The van der Waals surface area contributed by atoms with Gasteiger partial charge in [-0.25, -0.2) is 4.98 Å². The number of para-hydroxylation sites is 1. The molecule has 0 bridgehead atoms. The van der Waals surface area contributed by atoms with Crippen LogP contribution in [0.4, 0.5) is 0 Å². The molecule has 0 aliphatic heterocycles. The van der Waals surface area contributed by atoms with Crippen molar-refractivity contribution >= 4 is 28.0 Å². The summed E-state index contributed by atoms with van der Waals surface area (Å²) in [5.74, 6) is -0.00000152. The van der Waals surface area contributed by atoms with E-state index in [1.54, 1.807) is 6.20 Å². The molecule has 0 unspecified atom stereocenters. The summed E-state index contributed by atoms with van der Waals surface area (Å²) >= 11 is 1.37. The number of carbonyl (C=O) groups is 1. The fourth-order valence-corrected chi connectivity index (χ4v) is 2.51. The summed E-state index contributed by atoms with van der Waals surface area (Å²) in [6.07, 6.45) is 1.79. The van der Waals surface area contributed by atoms with Gasteiger partial charge in [0.2, 0.25) is 0 Å². The number of ketones is 1. The molecule has 0 saturated carbocycles. The molecule has 3 nitrogen and oxygen atoms in total. The van der Waals surface area contributed by atoms with Gasteiger partial charge in [0.25, 0.3) is 0 Å². The number of rotatable bonds is 2. The Morgan fingerprint density at radius 3 is 2.89 bits per heavy atom. The smallest absolute Gasteiger partial charge is 0.188 e. The Morgan fingerprint density at radius 2 is 2.11 bits per heavy atom. The molecule has 0 fully saturated rings. The zero-order valence-corrected chi connectivity index (χ0v) is 10.6. The molecule has 1 aromatic carbocycles. The van der Waals surface area contributed by atoms with E-state index in [9.17, 15) is 4.79 Å². The second-order valence-corrected chi connectivity index (χ2v) is 4.87. The van der Waals surface area contributed by atoms with Crippen molar-refractivity contribution in [2.45, 2.75) is 6.92 Å². The fourth-order valence-electron chi connectivity index (χ4n) is 1.78. The maximum absolute atomic E-state index is 11.2. The first-order chi connectivity index (χ1) is 8.74. The van der Waals surface area contributed by atoms with Gasteiger partial charge in [-0.2, -0.15) is 0 Å². The second-order valence-electron chi connectivity index (χ2n) is 4.01. The molecule has 4 heteroatoms. The first-order valence-corrected chi connectivity index (χ1v) is 6.43. The SMILES string of the molecule is CC(=O)c1nc(-c2cnc3ccccc3c2)cs1. The van der Waals surface area contributed by atoms with Crippen molar-refractivity contribution < 1.29 is 4.79 Å². The Labute approximate surface area is 108 Å². The highest BCUT2D eigenvalue weighted by Crippen LogP contribution is 2.24. The van der Waals surface area contributed by atoms with E-state index in [1.165, 1.54) is 18.3 Å². The lowest BCUT2D eigenvalue weighted by Crippen LogP contribution is -1.90. The van der Waals surface area contributed by atoms with E-state index in [0.717, 1.165) is 22.2 Å². The van der Waals surface area contributed by atoms with Crippen molar-refractivity contribution in [2.24, 2.45) is 0 Å². The molecule has 0 radical (unpaired) electrons. The minimum atomic E-state index is -0.00000152. The van der Waals surface area contributed by atoms with E-state index in [2.05, 4.69) is 9.97 Å². The predicted molar refractivity (Wildman–Crippen MR) is 72.9 cm³/mol. The summed E-state index contributed by atoms with van der Waals surface area (Å²) < 4.78 is 0. The van der Waals surface area contributed by atoms with Crippen LogP contribution >= 0.6 is 11.3 Å². The van der Waals surface area contributed by atoms with Crippen LogP contribution in [0, 0.1) is 0 Å². The molecule has 2 heterocycles. The molecule has 0 aliphatic carbocycles. The third kappa shape index (κ3) is 1.91. The molecule has 3 rings (SSSR count). The molecule has 0 aliphatic rings. The van der Waals surface area contributed by atoms with Gasteiger partial charge >= 0.3 is 0 Å². The largest absolute Gasteiger partial charge is 0.292 e. The first kappa shape index (κ1) is 11.0. The Morgan fingerprint density at radius 1 is 1.28 bits per heavy atom. The van der Waals surface area contributed by atoms with Crippen LogP contribution in [0.3, 0.4) is 0 Å². The van der Waals surface area contributed by atoms with E-state index in [0.29, 0.717) is 5.01 Å². The average molecular weight is 254 g/mol. The van der Waals surface area contributed by atoms with Crippen molar-refractivity contribution in [3.63, 3.8) is 0 Å². The molecule has 0 amide bonds. The third-order valence-electron chi connectivity index (χ3n) is 2.69. The van der Waals surface area contributed by atoms with Crippen molar-refractivity contribution in [1.82, 2.24) is 9.97 Å².